The molecule has 1 unspecified atom stereocenters. The van der Waals surface area contributed by atoms with Gasteiger partial charge in [0.15, 0.2) is 9.84 Å². The molecule has 1 N–H and O–H groups in total. The van der Waals surface area contributed by atoms with Crippen LogP contribution in [0.4, 0.5) is 0 Å². The third kappa shape index (κ3) is 2.72. The first-order valence-corrected chi connectivity index (χ1v) is 6.86. The molecule has 1 saturated heterocycles. The zero-order chi connectivity index (χ0) is 10.9. The van der Waals surface area contributed by atoms with Crippen molar-refractivity contribution in [1.82, 2.24) is 0 Å². The first-order chi connectivity index (χ1) is 7.05. The van der Waals surface area contributed by atoms with Crippen LogP contribution in [0.15, 0.2) is 24.3 Å². The zero-order valence-corrected chi connectivity index (χ0v) is 9.20. The van der Waals surface area contributed by atoms with Gasteiger partial charge in [-0.25, -0.2) is 8.42 Å². The predicted octanol–water partition coefficient (Wildman–Crippen LogP) is 1.37. The maximum Gasteiger partial charge on any atom is 0.150 e. The highest BCUT2D eigenvalue weighted by atomic mass is 32.2. The van der Waals surface area contributed by atoms with E-state index in [-0.39, 0.29) is 11.7 Å². The fourth-order valence-corrected chi connectivity index (χ4v) is 3.91. The van der Waals surface area contributed by atoms with Crippen molar-refractivity contribution in [3.05, 3.63) is 29.8 Å². The van der Waals surface area contributed by atoms with E-state index < -0.39 is 9.84 Å². The molecule has 1 aromatic carbocycles. The third-order valence-electron chi connectivity index (χ3n) is 2.76. The van der Waals surface area contributed by atoms with Crippen molar-refractivity contribution in [2.75, 3.05) is 11.5 Å². The Morgan fingerprint density at radius 3 is 2.80 bits per heavy atom. The molecule has 82 valence electrons. The molecular formula is C11H14O3S. The van der Waals surface area contributed by atoms with E-state index in [0.29, 0.717) is 11.5 Å². The molecule has 3 nitrogen and oxygen atoms in total. The molecule has 0 aliphatic carbocycles. The third-order valence-corrected chi connectivity index (χ3v) is 4.60. The standard InChI is InChI=1S/C11H14O3S/c12-11-3-1-2-9(7-11)6-10-4-5-15(13,14)8-10/h1-3,7,10,12H,4-6,8H2. The molecule has 0 radical (unpaired) electrons. The van der Waals surface area contributed by atoms with Crippen LogP contribution in [-0.4, -0.2) is 25.0 Å². The largest absolute Gasteiger partial charge is 0.508 e. The highest BCUT2D eigenvalue weighted by Gasteiger charge is 2.27. The van der Waals surface area contributed by atoms with Gasteiger partial charge in [0.25, 0.3) is 0 Å². The summed E-state index contributed by atoms with van der Waals surface area (Å²) in [5.74, 6) is 1.07. The van der Waals surface area contributed by atoms with Crippen LogP contribution in [0.25, 0.3) is 0 Å². The second kappa shape index (κ2) is 3.85. The van der Waals surface area contributed by atoms with Gasteiger partial charge < -0.3 is 5.11 Å². The van der Waals surface area contributed by atoms with Crippen molar-refractivity contribution >= 4 is 9.84 Å². The summed E-state index contributed by atoms with van der Waals surface area (Å²) in [6, 6.07) is 7.03. The van der Waals surface area contributed by atoms with E-state index in [0.717, 1.165) is 18.4 Å². The Balaban J connectivity index is 2.05. The topological polar surface area (TPSA) is 54.4 Å². The molecule has 1 fully saturated rings. The van der Waals surface area contributed by atoms with E-state index in [9.17, 15) is 13.5 Å². The van der Waals surface area contributed by atoms with Gasteiger partial charge >= 0.3 is 0 Å². The van der Waals surface area contributed by atoms with Gasteiger partial charge in [-0.3, -0.25) is 0 Å². The number of benzene rings is 1. The van der Waals surface area contributed by atoms with Crippen molar-refractivity contribution in [2.24, 2.45) is 5.92 Å². The molecule has 0 bridgehead atoms. The maximum atomic E-state index is 11.2. The van der Waals surface area contributed by atoms with Crippen LogP contribution in [0, 0.1) is 5.92 Å². The van der Waals surface area contributed by atoms with E-state index in [4.69, 9.17) is 0 Å². The Morgan fingerprint density at radius 2 is 2.20 bits per heavy atom. The Morgan fingerprint density at radius 1 is 1.40 bits per heavy atom. The van der Waals surface area contributed by atoms with Gasteiger partial charge in [-0.15, -0.1) is 0 Å². The molecule has 1 heterocycles. The van der Waals surface area contributed by atoms with Crippen molar-refractivity contribution in [3.8, 4) is 5.75 Å². The predicted molar refractivity (Wildman–Crippen MR) is 58.6 cm³/mol. The number of phenols is 1. The second-order valence-electron chi connectivity index (χ2n) is 4.14. The molecule has 1 aliphatic heterocycles. The molecule has 1 aromatic rings. The second-order valence-corrected chi connectivity index (χ2v) is 6.37. The normalized spacial score (nSPS) is 24.1. The number of hydrogen-bond acceptors (Lipinski definition) is 3. The lowest BCUT2D eigenvalue weighted by molar-refractivity contribution is 0.473. The molecule has 1 aliphatic rings. The van der Waals surface area contributed by atoms with Gasteiger partial charge in [0.1, 0.15) is 5.75 Å². The maximum absolute atomic E-state index is 11.2. The quantitative estimate of drug-likeness (QED) is 0.828. The Kier molecular flexibility index (Phi) is 2.69. The van der Waals surface area contributed by atoms with E-state index >= 15 is 0 Å². The van der Waals surface area contributed by atoms with Gasteiger partial charge in [0.05, 0.1) is 11.5 Å². The molecule has 0 saturated carbocycles. The summed E-state index contributed by atoms with van der Waals surface area (Å²) in [7, 11) is -2.79. The SMILES string of the molecule is O=S1(=O)CCC(Cc2cccc(O)c2)C1. The van der Waals surface area contributed by atoms with E-state index in [2.05, 4.69) is 0 Å². The van der Waals surface area contributed by atoms with E-state index in [1.54, 1.807) is 18.2 Å². The summed E-state index contributed by atoms with van der Waals surface area (Å²) >= 11 is 0. The lowest BCUT2D eigenvalue weighted by atomic mass is 9.99. The minimum absolute atomic E-state index is 0.219. The molecule has 0 amide bonds. The minimum atomic E-state index is -2.79. The van der Waals surface area contributed by atoms with Crippen LogP contribution in [-0.2, 0) is 16.3 Å². The zero-order valence-electron chi connectivity index (χ0n) is 8.39. The van der Waals surface area contributed by atoms with Crippen LogP contribution in [0.2, 0.25) is 0 Å². The van der Waals surface area contributed by atoms with Crippen LogP contribution in [0.5, 0.6) is 5.75 Å². The van der Waals surface area contributed by atoms with Crippen molar-refractivity contribution in [3.63, 3.8) is 0 Å². The summed E-state index contributed by atoms with van der Waals surface area (Å²) in [4.78, 5) is 0. The average molecular weight is 226 g/mol. The first-order valence-electron chi connectivity index (χ1n) is 5.03. The van der Waals surface area contributed by atoms with Crippen LogP contribution in [0.3, 0.4) is 0 Å². The number of rotatable bonds is 2. The first kappa shape index (κ1) is 10.5. The van der Waals surface area contributed by atoms with Crippen LogP contribution in [0.1, 0.15) is 12.0 Å². The molecule has 15 heavy (non-hydrogen) atoms. The highest BCUT2D eigenvalue weighted by Crippen LogP contribution is 2.23. The fourth-order valence-electron chi connectivity index (χ4n) is 2.05. The lowest BCUT2D eigenvalue weighted by Gasteiger charge is -2.07. The molecule has 0 aromatic heterocycles. The van der Waals surface area contributed by atoms with Gasteiger partial charge in [-0.05, 0) is 36.5 Å². The molecule has 4 heteroatoms. The van der Waals surface area contributed by atoms with Crippen molar-refractivity contribution in [2.45, 2.75) is 12.8 Å². The lowest BCUT2D eigenvalue weighted by Crippen LogP contribution is -2.07. The van der Waals surface area contributed by atoms with E-state index in [1.165, 1.54) is 0 Å². The van der Waals surface area contributed by atoms with Crippen LogP contribution < -0.4 is 0 Å². The molecule has 0 spiro atoms. The minimum Gasteiger partial charge on any atom is -0.508 e. The Labute approximate surface area is 89.7 Å². The van der Waals surface area contributed by atoms with Gasteiger partial charge in [-0.2, -0.15) is 0 Å². The van der Waals surface area contributed by atoms with Gasteiger partial charge in [0.2, 0.25) is 0 Å². The fraction of sp³-hybridized carbons (Fsp3) is 0.455. The Bertz CT molecular complexity index is 451. The van der Waals surface area contributed by atoms with Gasteiger partial charge in [-0.1, -0.05) is 12.1 Å². The summed E-state index contributed by atoms with van der Waals surface area (Å²) in [5.41, 5.74) is 1.01. The summed E-state index contributed by atoms with van der Waals surface area (Å²) in [5, 5.41) is 9.27. The molecular weight excluding hydrogens is 212 g/mol. The summed E-state index contributed by atoms with van der Waals surface area (Å²) < 4.78 is 22.5. The average Bonchev–Trinajstić information content (AvgIpc) is 2.45. The van der Waals surface area contributed by atoms with Crippen LogP contribution >= 0.6 is 0 Å². The summed E-state index contributed by atoms with van der Waals surface area (Å²) in [6.07, 6.45) is 1.49. The van der Waals surface area contributed by atoms with Crippen molar-refractivity contribution < 1.29 is 13.5 Å². The number of aromatic hydroxyl groups is 1. The van der Waals surface area contributed by atoms with Gasteiger partial charge in [0, 0.05) is 0 Å². The number of sulfone groups is 1. The smallest absolute Gasteiger partial charge is 0.150 e. The Hall–Kier alpha value is -1.03. The van der Waals surface area contributed by atoms with Crippen molar-refractivity contribution in [1.29, 1.82) is 0 Å². The molecule has 1 atom stereocenters. The summed E-state index contributed by atoms with van der Waals surface area (Å²) in [6.45, 7) is 0. The van der Waals surface area contributed by atoms with E-state index in [1.807, 2.05) is 6.07 Å². The number of hydrogen-bond donors (Lipinski definition) is 1. The number of phenolic OH excluding ortho intramolecular Hbond substituents is 1. The molecule has 2 rings (SSSR count). The highest BCUT2D eigenvalue weighted by molar-refractivity contribution is 7.91. The monoisotopic (exact) mass is 226 g/mol.